The second-order valence-corrected chi connectivity index (χ2v) is 6.32. The van der Waals surface area contributed by atoms with Gasteiger partial charge in [0.2, 0.25) is 6.10 Å². The summed E-state index contributed by atoms with van der Waals surface area (Å²) in [6.07, 6.45) is -5.21. The van der Waals surface area contributed by atoms with Crippen molar-refractivity contribution in [3.63, 3.8) is 0 Å². The molecule has 0 heterocycles. The average Bonchev–Trinajstić information content (AvgIpc) is 2.67. The van der Waals surface area contributed by atoms with Crippen molar-refractivity contribution in [2.45, 2.75) is 46.0 Å². The Balaban J connectivity index is 3.38. The van der Waals surface area contributed by atoms with Gasteiger partial charge in [-0.3, -0.25) is 34.1 Å². The predicted octanol–water partition coefficient (Wildman–Crippen LogP) is 0.892. The number of amides is 1. The van der Waals surface area contributed by atoms with Crippen molar-refractivity contribution in [1.82, 2.24) is 0 Å². The Bertz CT molecular complexity index is 899. The van der Waals surface area contributed by atoms with Crippen molar-refractivity contribution in [1.29, 1.82) is 0 Å². The molecule has 0 fully saturated rings. The van der Waals surface area contributed by atoms with Crippen LogP contribution in [0.5, 0.6) is 0 Å². The molecule has 1 aromatic rings. The van der Waals surface area contributed by atoms with Gasteiger partial charge in [-0.2, -0.15) is 0 Å². The van der Waals surface area contributed by atoms with Gasteiger partial charge < -0.3 is 24.3 Å². The van der Waals surface area contributed by atoms with Gasteiger partial charge in [0.25, 0.3) is 11.6 Å². The molecule has 1 aromatic carbocycles. The van der Waals surface area contributed by atoms with Gasteiger partial charge in [0.1, 0.15) is 12.3 Å². The molecule has 174 valence electrons. The first-order valence-corrected chi connectivity index (χ1v) is 9.11. The summed E-state index contributed by atoms with van der Waals surface area (Å²) in [5.41, 5.74) is -0.687. The first kappa shape index (κ1) is 26.0. The molecule has 3 atom stereocenters. The zero-order valence-corrected chi connectivity index (χ0v) is 17.7. The van der Waals surface area contributed by atoms with E-state index in [0.717, 1.165) is 33.8 Å². The molecule has 0 saturated heterocycles. The summed E-state index contributed by atoms with van der Waals surface area (Å²) < 4.78 is 19.9. The molecule has 1 N–H and O–H groups in total. The monoisotopic (exact) mass is 454 g/mol. The Hall–Kier alpha value is -4.03. The number of nitro groups is 1. The SMILES string of the molecule is CC(=O)OC[C@@H](OC(C)=O)[C@H](OC(C)=O)[C@H](OC(C)=O)C(=O)Nc1ccccc1[N+](=O)[O-]. The molecule has 0 unspecified atom stereocenters. The number of para-hydroxylation sites is 2. The molecule has 0 saturated carbocycles. The summed E-state index contributed by atoms with van der Waals surface area (Å²) in [6, 6.07) is 5.14. The molecule has 1 rings (SSSR count). The minimum Gasteiger partial charge on any atom is -0.462 e. The minimum atomic E-state index is -1.92. The minimum absolute atomic E-state index is 0.231. The van der Waals surface area contributed by atoms with Gasteiger partial charge in [0.05, 0.1) is 4.92 Å². The lowest BCUT2D eigenvalue weighted by atomic mass is 10.1. The van der Waals surface area contributed by atoms with Crippen LogP contribution >= 0.6 is 0 Å². The topological polar surface area (TPSA) is 177 Å². The van der Waals surface area contributed by atoms with E-state index in [0.29, 0.717) is 0 Å². The Morgan fingerprint density at radius 2 is 1.47 bits per heavy atom. The van der Waals surface area contributed by atoms with Gasteiger partial charge in [0.15, 0.2) is 12.2 Å². The number of nitrogens with zero attached hydrogens (tertiary/aromatic N) is 1. The number of nitrogens with one attached hydrogen (secondary N) is 1. The summed E-state index contributed by atoms with van der Waals surface area (Å²) in [4.78, 5) is 69.4. The van der Waals surface area contributed by atoms with Crippen LogP contribution in [0, 0.1) is 10.1 Å². The zero-order valence-electron chi connectivity index (χ0n) is 17.7. The van der Waals surface area contributed by atoms with Crippen molar-refractivity contribution < 1.29 is 47.8 Å². The van der Waals surface area contributed by atoms with Crippen LogP contribution < -0.4 is 5.32 Å². The molecule has 1 amide bonds. The van der Waals surface area contributed by atoms with Crippen LogP contribution in [-0.2, 0) is 42.9 Å². The van der Waals surface area contributed by atoms with Gasteiger partial charge in [-0.25, -0.2) is 0 Å². The van der Waals surface area contributed by atoms with Crippen molar-refractivity contribution in [3.05, 3.63) is 34.4 Å². The number of anilines is 1. The molecular weight excluding hydrogens is 432 g/mol. The van der Waals surface area contributed by atoms with Crippen LogP contribution in [0.1, 0.15) is 27.7 Å². The van der Waals surface area contributed by atoms with Gasteiger partial charge in [-0.1, -0.05) is 12.1 Å². The number of hydrogen-bond acceptors (Lipinski definition) is 11. The van der Waals surface area contributed by atoms with Crippen LogP contribution in [0.4, 0.5) is 11.4 Å². The third-order valence-electron chi connectivity index (χ3n) is 3.65. The van der Waals surface area contributed by atoms with E-state index in [4.69, 9.17) is 18.9 Å². The van der Waals surface area contributed by atoms with E-state index in [-0.39, 0.29) is 5.69 Å². The van der Waals surface area contributed by atoms with Crippen LogP contribution in [-0.4, -0.2) is 59.6 Å². The fraction of sp³-hybridized carbons (Fsp3) is 0.421. The number of carbonyl (C=O) groups is 5. The van der Waals surface area contributed by atoms with Crippen molar-refractivity contribution in [2.24, 2.45) is 0 Å². The molecule has 0 spiro atoms. The van der Waals surface area contributed by atoms with E-state index in [1.54, 1.807) is 0 Å². The first-order chi connectivity index (χ1) is 14.9. The van der Waals surface area contributed by atoms with Gasteiger partial charge in [-0.15, -0.1) is 0 Å². The van der Waals surface area contributed by atoms with Crippen molar-refractivity contribution >= 4 is 41.2 Å². The Morgan fingerprint density at radius 1 is 0.906 bits per heavy atom. The number of rotatable bonds is 10. The second kappa shape index (κ2) is 12.0. The highest BCUT2D eigenvalue weighted by molar-refractivity contribution is 5.97. The van der Waals surface area contributed by atoms with Gasteiger partial charge in [0, 0.05) is 33.8 Å². The van der Waals surface area contributed by atoms with Crippen molar-refractivity contribution in [2.75, 3.05) is 11.9 Å². The summed E-state index contributed by atoms with van der Waals surface area (Å²) >= 11 is 0. The highest BCUT2D eigenvalue weighted by Crippen LogP contribution is 2.24. The van der Waals surface area contributed by atoms with E-state index >= 15 is 0 Å². The maximum atomic E-state index is 12.9. The quantitative estimate of drug-likeness (QED) is 0.230. The molecular formula is C19H22N2O11. The summed E-state index contributed by atoms with van der Waals surface area (Å²) in [7, 11) is 0. The summed E-state index contributed by atoms with van der Waals surface area (Å²) in [6.45, 7) is 3.39. The van der Waals surface area contributed by atoms with E-state index < -0.39 is 65.3 Å². The molecule has 0 bridgehead atoms. The van der Waals surface area contributed by atoms with E-state index in [1.807, 2.05) is 0 Å². The first-order valence-electron chi connectivity index (χ1n) is 9.11. The highest BCUT2D eigenvalue weighted by atomic mass is 16.6. The number of benzene rings is 1. The highest BCUT2D eigenvalue weighted by Gasteiger charge is 2.42. The largest absolute Gasteiger partial charge is 0.462 e. The summed E-state index contributed by atoms with van der Waals surface area (Å²) in [5, 5.41) is 13.4. The number of carbonyl (C=O) groups excluding carboxylic acids is 5. The number of ether oxygens (including phenoxy) is 4. The maximum Gasteiger partial charge on any atom is 0.303 e. The molecule has 0 aliphatic rings. The normalized spacial score (nSPS) is 13.0. The smallest absolute Gasteiger partial charge is 0.303 e. The third-order valence-corrected chi connectivity index (χ3v) is 3.65. The Morgan fingerprint density at radius 3 is 1.97 bits per heavy atom. The van der Waals surface area contributed by atoms with E-state index in [1.165, 1.54) is 18.2 Å². The van der Waals surface area contributed by atoms with E-state index in [2.05, 4.69) is 5.32 Å². The second-order valence-electron chi connectivity index (χ2n) is 6.32. The number of esters is 4. The van der Waals surface area contributed by atoms with Crippen LogP contribution in [0.3, 0.4) is 0 Å². The molecule has 0 aliphatic heterocycles. The molecule has 32 heavy (non-hydrogen) atoms. The van der Waals surface area contributed by atoms with Crippen LogP contribution in [0.25, 0.3) is 0 Å². The fourth-order valence-electron chi connectivity index (χ4n) is 2.52. The van der Waals surface area contributed by atoms with Crippen LogP contribution in [0.2, 0.25) is 0 Å². The molecule has 0 aromatic heterocycles. The molecule has 0 aliphatic carbocycles. The Labute approximate surface area is 182 Å². The average molecular weight is 454 g/mol. The van der Waals surface area contributed by atoms with Crippen LogP contribution in [0.15, 0.2) is 24.3 Å². The number of nitro benzene ring substituents is 1. The lowest BCUT2D eigenvalue weighted by Crippen LogP contribution is -2.52. The lowest BCUT2D eigenvalue weighted by Gasteiger charge is -2.30. The van der Waals surface area contributed by atoms with Crippen molar-refractivity contribution in [3.8, 4) is 0 Å². The number of hydrogen-bond donors (Lipinski definition) is 1. The Kier molecular flexibility index (Phi) is 9.73. The fourth-order valence-corrected chi connectivity index (χ4v) is 2.52. The molecule has 13 nitrogen and oxygen atoms in total. The zero-order chi connectivity index (χ0) is 24.4. The standard InChI is InChI=1S/C19H22N2O11/c1-10(22)29-9-16(30-11(2)23)17(31-12(3)24)18(32-13(4)25)19(26)20-14-7-5-6-8-15(14)21(27)28/h5-8,16-18H,9H2,1-4H3,(H,20,26)/t16-,17+,18+/m1/s1. The molecule has 0 radical (unpaired) electrons. The van der Waals surface area contributed by atoms with Gasteiger partial charge in [-0.05, 0) is 6.07 Å². The lowest BCUT2D eigenvalue weighted by molar-refractivity contribution is -0.383. The predicted molar refractivity (Wildman–Crippen MR) is 105 cm³/mol. The van der Waals surface area contributed by atoms with E-state index in [9.17, 15) is 34.1 Å². The maximum absolute atomic E-state index is 12.9. The molecule has 13 heteroatoms. The third kappa shape index (κ3) is 8.38. The summed E-state index contributed by atoms with van der Waals surface area (Å²) in [5.74, 6) is -4.68. The van der Waals surface area contributed by atoms with Gasteiger partial charge >= 0.3 is 23.9 Å².